The minimum absolute atomic E-state index is 0.0406. The quantitative estimate of drug-likeness (QED) is 0.0241. The number of carbonyl (C=O) groups excluding carboxylic acids is 1. The normalized spacial score (nSPS) is 31.0. The summed E-state index contributed by atoms with van der Waals surface area (Å²) in [6, 6.07) is 66.2. The number of aliphatic hydroxyl groups is 4. The van der Waals surface area contributed by atoms with Crippen molar-refractivity contribution < 1.29 is 101 Å². The predicted octanol–water partition coefficient (Wildman–Crippen LogP) is 8.87. The maximum absolute atomic E-state index is 13.7. The first-order chi connectivity index (χ1) is 50.2. The van der Waals surface area contributed by atoms with E-state index in [0.717, 1.165) is 39.4 Å². The van der Waals surface area contributed by atoms with E-state index < -0.39 is 143 Å². The van der Waals surface area contributed by atoms with Crippen molar-refractivity contribution in [3.63, 3.8) is 0 Å². The summed E-state index contributed by atoms with van der Waals surface area (Å²) in [4.78, 5) is 13.7. The van der Waals surface area contributed by atoms with E-state index in [2.05, 4.69) is 25.0 Å². The Hall–Kier alpha value is -6.57. The summed E-state index contributed by atoms with van der Waals surface area (Å²) < 4.78 is 109. The molecule has 0 unspecified atom stereocenters. The van der Waals surface area contributed by atoms with Crippen LogP contribution in [0.4, 0.5) is 0 Å². The molecule has 5 heterocycles. The summed E-state index contributed by atoms with van der Waals surface area (Å²) in [5, 5.41) is 52.8. The van der Waals surface area contributed by atoms with E-state index in [9.17, 15) is 25.2 Å². The molecule has 0 saturated carbocycles. The van der Waals surface area contributed by atoms with Crippen molar-refractivity contribution in [3.05, 3.63) is 251 Å². The number of benzene rings is 7. The van der Waals surface area contributed by atoms with Crippen LogP contribution in [0.25, 0.3) is 0 Å². The number of fused-ring (bicyclic) bond motifs is 1. The molecule has 7 aromatic rings. The summed E-state index contributed by atoms with van der Waals surface area (Å²) in [5.41, 5.74) is 5.81. The second-order valence-electron chi connectivity index (χ2n) is 27.8. The van der Waals surface area contributed by atoms with Crippen LogP contribution in [0.2, 0.25) is 25.7 Å². The van der Waals surface area contributed by atoms with Crippen LogP contribution in [0, 0.1) is 0 Å². The standard InChI is InChI=1S/C80H97NO21Si/c1-52(82)81-64-66(84)69(100-78-68(86)67(85)70-63(97-78)51-94-76(99-70)59-38-24-11-25-39-59)61(49-88-43-54-28-14-6-15-29-54)96-77(64)102-72-65(83)60(48-87-42-53-26-12-5-13-27-53)95-80(74(72)92-46-57-34-20-9-21-35-57)101-71-62(50-89-44-55-30-16-7-17-31-55)98-79(90-40-41-103(2,3)4)75(93-47-58-36-22-10-23-37-58)73(71)91-45-56-32-18-8-19-33-56/h5-39,60-80,83-86H,40-51H2,1-4H3,(H,81,82)/t60-,61-,62-,63-,64-,65+,66-,67-,68-,69-,70+,71-,72+,73+,74-,75-,76+,77+,78+,79-,80+/m1/s1. The highest BCUT2D eigenvalue weighted by Crippen LogP contribution is 2.40. The first kappa shape index (κ1) is 76.1. The SMILES string of the molecule is CC(=O)N[C@H]1[C@H](O[C@H]2[C@@H](O)[C@@H](COCc3ccccc3)O[C@@H](O[C@H]3[C@H](OCc4ccccc4)[C@@H](OCc4ccccc4)[C@H](OCC[Si](C)(C)C)O[C@@H]3COCc3ccccc3)[C@@H]2OCc2ccccc2)O[C@H](COCc2ccccc2)[C@@H](O[C@@H]2O[C@@H]3CO[C@H](c4ccccc4)O[C@@H]3[C@H](O)[C@H]2O)[C@@H]1O. The van der Waals surface area contributed by atoms with E-state index in [1.807, 2.05) is 212 Å². The van der Waals surface area contributed by atoms with Gasteiger partial charge in [0.05, 0.1) is 66.1 Å². The molecular formula is C80H97NO21Si. The molecule has 0 bridgehead atoms. The van der Waals surface area contributed by atoms with Gasteiger partial charge in [-0.2, -0.15) is 0 Å². The Morgan fingerprint density at radius 1 is 0.408 bits per heavy atom. The second-order valence-corrected chi connectivity index (χ2v) is 33.4. The van der Waals surface area contributed by atoms with Crippen molar-refractivity contribution >= 4 is 14.0 Å². The summed E-state index contributed by atoms with van der Waals surface area (Å²) in [6.07, 6.45) is -26.2. The molecule has 21 atom stereocenters. The van der Waals surface area contributed by atoms with E-state index in [1.54, 1.807) is 0 Å². The molecule has 12 rings (SSSR count). The van der Waals surface area contributed by atoms with E-state index in [1.165, 1.54) is 6.92 Å². The highest BCUT2D eigenvalue weighted by atomic mass is 28.3. The van der Waals surface area contributed by atoms with Gasteiger partial charge in [0.15, 0.2) is 31.5 Å². The van der Waals surface area contributed by atoms with Gasteiger partial charge >= 0.3 is 0 Å². The van der Waals surface area contributed by atoms with Crippen molar-refractivity contribution in [1.29, 1.82) is 0 Å². The van der Waals surface area contributed by atoms with Gasteiger partial charge < -0.3 is 102 Å². The van der Waals surface area contributed by atoms with Crippen molar-refractivity contribution in [3.8, 4) is 0 Å². The molecule has 7 aromatic carbocycles. The summed E-state index contributed by atoms with van der Waals surface area (Å²) >= 11 is 0. The Kier molecular flexibility index (Phi) is 27.8. The fourth-order valence-electron chi connectivity index (χ4n) is 13.2. The summed E-state index contributed by atoms with van der Waals surface area (Å²) in [5.74, 6) is -0.598. The lowest BCUT2D eigenvalue weighted by atomic mass is 9.94. The smallest absolute Gasteiger partial charge is 0.217 e. The minimum Gasteiger partial charge on any atom is -0.388 e. The molecule has 0 aromatic heterocycles. The summed E-state index contributed by atoms with van der Waals surface area (Å²) in [6.45, 7) is 8.52. The molecule has 23 heteroatoms. The van der Waals surface area contributed by atoms with Gasteiger partial charge in [-0.1, -0.05) is 232 Å². The Morgan fingerprint density at radius 3 is 1.30 bits per heavy atom. The van der Waals surface area contributed by atoms with Crippen LogP contribution in [0.15, 0.2) is 212 Å². The van der Waals surface area contributed by atoms with Crippen LogP contribution in [-0.2, 0) is 120 Å². The number of hydrogen-bond acceptors (Lipinski definition) is 21. The average Bonchev–Trinajstić information content (AvgIpc) is 0.769. The van der Waals surface area contributed by atoms with Gasteiger partial charge in [-0.05, 0) is 39.4 Å². The van der Waals surface area contributed by atoms with Gasteiger partial charge in [-0.25, -0.2) is 0 Å². The highest BCUT2D eigenvalue weighted by Gasteiger charge is 2.58. The van der Waals surface area contributed by atoms with Crippen LogP contribution < -0.4 is 5.32 Å². The largest absolute Gasteiger partial charge is 0.388 e. The zero-order valence-corrected chi connectivity index (χ0v) is 59.5. The molecule has 0 aliphatic carbocycles. The van der Waals surface area contributed by atoms with Gasteiger partial charge in [0, 0.05) is 27.2 Å². The van der Waals surface area contributed by atoms with Crippen molar-refractivity contribution in [2.24, 2.45) is 0 Å². The van der Waals surface area contributed by atoms with E-state index in [4.69, 9.17) is 75.8 Å². The molecule has 1 amide bonds. The third kappa shape index (κ3) is 21.2. The van der Waals surface area contributed by atoms with Gasteiger partial charge in [0.25, 0.3) is 0 Å². The van der Waals surface area contributed by atoms with Crippen LogP contribution in [0.5, 0.6) is 0 Å². The average molecular weight is 1440 g/mol. The molecule has 5 aliphatic heterocycles. The van der Waals surface area contributed by atoms with E-state index in [-0.39, 0.29) is 66.1 Å². The lowest BCUT2D eigenvalue weighted by Gasteiger charge is -2.51. The van der Waals surface area contributed by atoms with Crippen LogP contribution in [0.3, 0.4) is 0 Å². The van der Waals surface area contributed by atoms with Crippen molar-refractivity contribution in [2.75, 3.05) is 33.0 Å². The number of ether oxygens (including phenoxy) is 16. The maximum atomic E-state index is 13.7. The molecule has 0 radical (unpaired) electrons. The van der Waals surface area contributed by atoms with Crippen LogP contribution in [0.1, 0.15) is 52.2 Å². The Morgan fingerprint density at radius 2 is 0.816 bits per heavy atom. The lowest BCUT2D eigenvalue weighted by Crippen LogP contribution is -2.70. The fraction of sp³-hybridized carbons (Fsp3) is 0.463. The molecule has 552 valence electrons. The molecule has 22 nitrogen and oxygen atoms in total. The fourth-order valence-corrected chi connectivity index (χ4v) is 13.9. The lowest BCUT2D eigenvalue weighted by molar-refractivity contribution is -0.395. The number of aliphatic hydroxyl groups excluding tert-OH is 4. The molecule has 5 N–H and O–H groups in total. The van der Waals surface area contributed by atoms with Crippen molar-refractivity contribution in [1.82, 2.24) is 5.32 Å². The van der Waals surface area contributed by atoms with Gasteiger partial charge in [0.2, 0.25) is 5.91 Å². The Balaban J connectivity index is 0.914. The molecular weight excluding hydrogens is 1340 g/mol. The number of hydrogen-bond donors (Lipinski definition) is 5. The van der Waals surface area contributed by atoms with Crippen molar-refractivity contribution in [2.45, 2.75) is 201 Å². The Bertz CT molecular complexity index is 3580. The zero-order valence-electron chi connectivity index (χ0n) is 58.5. The first-order valence-corrected chi connectivity index (χ1v) is 39.2. The third-order valence-electron chi connectivity index (χ3n) is 18.7. The maximum Gasteiger partial charge on any atom is 0.217 e. The van der Waals surface area contributed by atoms with Crippen LogP contribution in [-0.4, -0.2) is 190 Å². The second kappa shape index (κ2) is 37.6. The minimum atomic E-state index is -1.75. The van der Waals surface area contributed by atoms with Gasteiger partial charge in [-0.3, -0.25) is 4.79 Å². The monoisotopic (exact) mass is 1440 g/mol. The van der Waals surface area contributed by atoms with Gasteiger partial charge in [0.1, 0.15) is 97.6 Å². The highest BCUT2D eigenvalue weighted by molar-refractivity contribution is 6.76. The van der Waals surface area contributed by atoms with E-state index >= 15 is 0 Å². The summed E-state index contributed by atoms with van der Waals surface area (Å²) in [7, 11) is -1.67. The third-order valence-corrected chi connectivity index (χ3v) is 20.4. The number of nitrogens with one attached hydrogen (secondary N) is 1. The van der Waals surface area contributed by atoms with E-state index in [0.29, 0.717) is 12.2 Å². The molecule has 0 spiro atoms. The van der Waals surface area contributed by atoms with Gasteiger partial charge in [-0.15, -0.1) is 0 Å². The molecule has 5 fully saturated rings. The molecule has 5 aliphatic rings. The first-order valence-electron chi connectivity index (χ1n) is 35.5. The Labute approximate surface area is 603 Å². The molecule has 103 heavy (non-hydrogen) atoms. The van der Waals surface area contributed by atoms with Crippen LogP contribution >= 0.6 is 0 Å². The number of rotatable bonds is 33. The zero-order chi connectivity index (χ0) is 71.5. The number of carbonyl (C=O) groups is 1. The topological polar surface area (TPSA) is 258 Å². The number of amides is 1. The predicted molar refractivity (Wildman–Crippen MR) is 378 cm³/mol. The molecule has 5 saturated heterocycles.